The van der Waals surface area contributed by atoms with E-state index in [0.29, 0.717) is 23.0 Å². The van der Waals surface area contributed by atoms with Gasteiger partial charge in [0.15, 0.2) is 17.8 Å². The molecular weight excluding hydrogens is 300 g/mol. The molecular formula is C17H14O6. The van der Waals surface area contributed by atoms with Crippen molar-refractivity contribution in [3.8, 4) is 34.3 Å². The van der Waals surface area contributed by atoms with E-state index in [1.165, 1.54) is 26.4 Å². The number of benzene rings is 2. The summed E-state index contributed by atoms with van der Waals surface area (Å²) in [5, 5.41) is 20.7. The summed E-state index contributed by atoms with van der Waals surface area (Å²) < 4.78 is 15.8. The average molecular weight is 314 g/mol. The predicted octanol–water partition coefficient (Wildman–Crippen LogP) is 3.34. The minimum Gasteiger partial charge on any atom is -0.504 e. The number of methoxy groups -OCH3 is 2. The lowest BCUT2D eigenvalue weighted by molar-refractivity contribution is 0.112. The van der Waals surface area contributed by atoms with Crippen LogP contribution in [0.4, 0.5) is 0 Å². The van der Waals surface area contributed by atoms with E-state index in [0.717, 1.165) is 0 Å². The van der Waals surface area contributed by atoms with Crippen molar-refractivity contribution in [3.05, 3.63) is 35.9 Å². The second-order valence-electron chi connectivity index (χ2n) is 4.84. The van der Waals surface area contributed by atoms with E-state index < -0.39 is 11.5 Å². The number of furan rings is 1. The normalized spacial score (nSPS) is 10.7. The standard InChI is InChI=1S/C17H14O6/c1-21-9-3-4-10-12(8-18)17(23-14(10)7-9)11-5-6-13(22-2)16(20)15(11)19/h3-8,19-20H,1-2H3. The molecule has 2 aromatic carbocycles. The van der Waals surface area contributed by atoms with E-state index in [1.807, 2.05) is 0 Å². The summed E-state index contributed by atoms with van der Waals surface area (Å²) in [6.45, 7) is 0. The number of rotatable bonds is 4. The number of phenols is 2. The molecule has 0 bridgehead atoms. The van der Waals surface area contributed by atoms with Crippen molar-refractivity contribution < 1.29 is 28.9 Å². The molecule has 118 valence electrons. The van der Waals surface area contributed by atoms with Crippen LogP contribution in [0.5, 0.6) is 23.0 Å². The molecule has 0 radical (unpaired) electrons. The van der Waals surface area contributed by atoms with Crippen molar-refractivity contribution in [3.63, 3.8) is 0 Å². The Labute approximate surface area is 131 Å². The number of hydrogen-bond acceptors (Lipinski definition) is 6. The van der Waals surface area contributed by atoms with Crippen LogP contribution in [0.25, 0.3) is 22.3 Å². The minimum atomic E-state index is -0.418. The van der Waals surface area contributed by atoms with Crippen molar-refractivity contribution in [1.82, 2.24) is 0 Å². The molecule has 0 atom stereocenters. The first kappa shape index (κ1) is 14.8. The zero-order valence-corrected chi connectivity index (χ0v) is 12.5. The maximum absolute atomic E-state index is 11.5. The van der Waals surface area contributed by atoms with Gasteiger partial charge in [0.05, 0.1) is 25.3 Å². The first-order valence-electron chi connectivity index (χ1n) is 6.75. The first-order valence-corrected chi connectivity index (χ1v) is 6.75. The topological polar surface area (TPSA) is 89.1 Å². The summed E-state index contributed by atoms with van der Waals surface area (Å²) in [5.41, 5.74) is 0.916. The highest BCUT2D eigenvalue weighted by Gasteiger charge is 2.21. The van der Waals surface area contributed by atoms with Gasteiger partial charge in [0, 0.05) is 11.5 Å². The number of fused-ring (bicyclic) bond motifs is 1. The molecule has 1 aromatic heterocycles. The zero-order chi connectivity index (χ0) is 16.6. The van der Waals surface area contributed by atoms with E-state index in [4.69, 9.17) is 13.9 Å². The number of aldehydes is 1. The van der Waals surface area contributed by atoms with Crippen LogP contribution in [0.15, 0.2) is 34.7 Å². The highest BCUT2D eigenvalue weighted by atomic mass is 16.5. The Bertz CT molecular complexity index is 894. The van der Waals surface area contributed by atoms with Gasteiger partial charge in [-0.25, -0.2) is 0 Å². The maximum atomic E-state index is 11.5. The zero-order valence-electron chi connectivity index (χ0n) is 12.5. The molecule has 0 spiro atoms. The number of hydrogen-bond donors (Lipinski definition) is 2. The average Bonchev–Trinajstić information content (AvgIpc) is 2.94. The molecule has 0 saturated heterocycles. The van der Waals surface area contributed by atoms with Crippen molar-refractivity contribution in [2.45, 2.75) is 0 Å². The summed E-state index contributed by atoms with van der Waals surface area (Å²) in [4.78, 5) is 11.5. The highest BCUT2D eigenvalue weighted by Crippen LogP contribution is 2.45. The van der Waals surface area contributed by atoms with Gasteiger partial charge >= 0.3 is 0 Å². The highest BCUT2D eigenvalue weighted by molar-refractivity contribution is 6.03. The molecule has 23 heavy (non-hydrogen) atoms. The molecule has 3 rings (SSSR count). The second-order valence-corrected chi connectivity index (χ2v) is 4.84. The van der Waals surface area contributed by atoms with Crippen molar-refractivity contribution >= 4 is 17.3 Å². The van der Waals surface area contributed by atoms with E-state index in [9.17, 15) is 15.0 Å². The van der Waals surface area contributed by atoms with Crippen molar-refractivity contribution in [2.75, 3.05) is 14.2 Å². The Morgan fingerprint density at radius 1 is 1.04 bits per heavy atom. The summed E-state index contributed by atoms with van der Waals surface area (Å²) in [6.07, 6.45) is 0.647. The molecule has 0 amide bonds. The van der Waals surface area contributed by atoms with E-state index >= 15 is 0 Å². The fourth-order valence-corrected chi connectivity index (χ4v) is 2.45. The molecule has 6 nitrogen and oxygen atoms in total. The lowest BCUT2D eigenvalue weighted by Gasteiger charge is -2.08. The van der Waals surface area contributed by atoms with E-state index in [1.54, 1.807) is 18.2 Å². The summed E-state index contributed by atoms with van der Waals surface area (Å²) >= 11 is 0. The largest absolute Gasteiger partial charge is 0.504 e. The van der Waals surface area contributed by atoms with Gasteiger partial charge in [0.25, 0.3) is 0 Å². The Kier molecular flexibility index (Phi) is 3.57. The van der Waals surface area contributed by atoms with Gasteiger partial charge in [-0.1, -0.05) is 0 Å². The SMILES string of the molecule is COc1ccc2c(C=O)c(-c3ccc(OC)c(O)c3O)oc2c1. The van der Waals surface area contributed by atoms with Crippen LogP contribution in [-0.4, -0.2) is 30.7 Å². The molecule has 0 fully saturated rings. The van der Waals surface area contributed by atoms with Crippen molar-refractivity contribution in [2.24, 2.45) is 0 Å². The van der Waals surface area contributed by atoms with Crippen LogP contribution in [0.3, 0.4) is 0 Å². The van der Waals surface area contributed by atoms with Gasteiger partial charge in [-0.05, 0) is 24.3 Å². The van der Waals surface area contributed by atoms with E-state index in [-0.39, 0.29) is 22.6 Å². The summed E-state index contributed by atoms with van der Waals surface area (Å²) in [7, 11) is 2.90. The molecule has 2 N–H and O–H groups in total. The fraction of sp³-hybridized carbons (Fsp3) is 0.118. The van der Waals surface area contributed by atoms with Gasteiger partial charge < -0.3 is 24.1 Å². The Hall–Kier alpha value is -3.15. The van der Waals surface area contributed by atoms with Crippen LogP contribution in [0.1, 0.15) is 10.4 Å². The minimum absolute atomic E-state index is 0.122. The van der Waals surface area contributed by atoms with Gasteiger partial charge in [-0.2, -0.15) is 0 Å². The second kappa shape index (κ2) is 5.57. The molecule has 0 aliphatic heterocycles. The molecule has 0 aliphatic rings. The van der Waals surface area contributed by atoms with Gasteiger partial charge in [0.1, 0.15) is 17.1 Å². The van der Waals surface area contributed by atoms with Crippen LogP contribution < -0.4 is 9.47 Å². The molecule has 0 unspecified atom stereocenters. The van der Waals surface area contributed by atoms with Crippen molar-refractivity contribution in [1.29, 1.82) is 0 Å². The Morgan fingerprint density at radius 3 is 2.48 bits per heavy atom. The first-order chi connectivity index (χ1) is 11.1. The quantitative estimate of drug-likeness (QED) is 0.567. The summed E-state index contributed by atoms with van der Waals surface area (Å²) in [6, 6.07) is 8.04. The fourth-order valence-electron chi connectivity index (χ4n) is 2.45. The Balaban J connectivity index is 2.28. The summed E-state index contributed by atoms with van der Waals surface area (Å²) in [5.74, 6) is 0.0331. The van der Waals surface area contributed by atoms with Crippen LogP contribution in [0.2, 0.25) is 0 Å². The predicted molar refractivity (Wildman–Crippen MR) is 83.5 cm³/mol. The smallest absolute Gasteiger partial charge is 0.201 e. The van der Waals surface area contributed by atoms with E-state index in [2.05, 4.69) is 0 Å². The number of carbonyl (C=O) groups excluding carboxylic acids is 1. The van der Waals surface area contributed by atoms with Gasteiger partial charge in [0.2, 0.25) is 5.75 Å². The molecule has 3 aromatic rings. The molecule has 0 saturated carbocycles. The third-order valence-electron chi connectivity index (χ3n) is 3.63. The lowest BCUT2D eigenvalue weighted by atomic mass is 10.0. The van der Waals surface area contributed by atoms with Gasteiger partial charge in [-0.15, -0.1) is 0 Å². The van der Waals surface area contributed by atoms with Crippen LogP contribution in [0, 0.1) is 0 Å². The molecule has 0 aliphatic carbocycles. The van der Waals surface area contributed by atoms with Crippen LogP contribution >= 0.6 is 0 Å². The monoisotopic (exact) mass is 314 g/mol. The number of ether oxygens (including phenoxy) is 2. The molecule has 6 heteroatoms. The number of phenolic OH excluding ortho intramolecular Hbond substituents is 2. The number of carbonyl (C=O) groups is 1. The molecule has 1 heterocycles. The lowest BCUT2D eigenvalue weighted by Crippen LogP contribution is -1.88. The third kappa shape index (κ3) is 2.24. The number of aromatic hydroxyl groups is 2. The maximum Gasteiger partial charge on any atom is 0.201 e. The van der Waals surface area contributed by atoms with Crippen LogP contribution in [-0.2, 0) is 0 Å². The Morgan fingerprint density at radius 2 is 1.83 bits per heavy atom. The third-order valence-corrected chi connectivity index (χ3v) is 3.63. The van der Waals surface area contributed by atoms with Gasteiger partial charge in [-0.3, -0.25) is 4.79 Å².